The van der Waals surface area contributed by atoms with Gasteiger partial charge in [0, 0.05) is 38.8 Å². The number of likely N-dealkylation sites (N-methyl/N-ethyl adjacent to an activating group) is 1. The van der Waals surface area contributed by atoms with Gasteiger partial charge in [-0.2, -0.15) is 0 Å². The molecule has 1 aliphatic rings. The predicted molar refractivity (Wildman–Crippen MR) is 82.6 cm³/mol. The van der Waals surface area contributed by atoms with Crippen molar-refractivity contribution >= 4 is 0 Å². The van der Waals surface area contributed by atoms with E-state index in [4.69, 9.17) is 0 Å². The first-order valence-corrected chi connectivity index (χ1v) is 7.57. The molecule has 1 saturated heterocycles. The van der Waals surface area contributed by atoms with Crippen molar-refractivity contribution in [2.24, 2.45) is 0 Å². The van der Waals surface area contributed by atoms with Crippen molar-refractivity contribution < 1.29 is 9.50 Å². The molecule has 0 radical (unpaired) electrons. The van der Waals surface area contributed by atoms with Crippen molar-refractivity contribution in [1.29, 1.82) is 0 Å². The number of nitrogens with one attached hydrogen (secondary N) is 1. The Bertz CT molecular complexity index is 424. The van der Waals surface area contributed by atoms with Crippen molar-refractivity contribution in [1.82, 2.24) is 15.1 Å². The topological polar surface area (TPSA) is 38.7 Å². The van der Waals surface area contributed by atoms with E-state index in [0.717, 1.165) is 38.2 Å². The Morgan fingerprint density at radius 3 is 2.67 bits per heavy atom. The van der Waals surface area contributed by atoms with E-state index in [0.29, 0.717) is 6.54 Å². The van der Waals surface area contributed by atoms with Gasteiger partial charge in [0.1, 0.15) is 5.82 Å². The van der Waals surface area contributed by atoms with Crippen molar-refractivity contribution in [3.8, 4) is 0 Å². The summed E-state index contributed by atoms with van der Waals surface area (Å²) < 4.78 is 12.9. The van der Waals surface area contributed by atoms with E-state index in [1.54, 1.807) is 0 Å². The molecule has 1 aliphatic heterocycles. The maximum absolute atomic E-state index is 12.9. The van der Waals surface area contributed by atoms with Crippen LogP contribution in [0.1, 0.15) is 12.0 Å². The van der Waals surface area contributed by atoms with Crippen LogP contribution < -0.4 is 5.32 Å². The lowest BCUT2D eigenvalue weighted by Gasteiger charge is -2.36. The number of nitrogens with zero attached hydrogens (tertiary/aromatic N) is 2. The molecule has 0 aliphatic carbocycles. The van der Waals surface area contributed by atoms with E-state index >= 15 is 0 Å². The molecular weight excluding hydrogens is 269 g/mol. The molecule has 118 valence electrons. The average molecular weight is 295 g/mol. The summed E-state index contributed by atoms with van der Waals surface area (Å²) in [5, 5.41) is 13.7. The molecule has 0 spiro atoms. The zero-order chi connectivity index (χ0) is 15.2. The van der Waals surface area contributed by atoms with Gasteiger partial charge in [-0.15, -0.1) is 0 Å². The fraction of sp³-hybridized carbons (Fsp3) is 0.625. The number of benzene rings is 1. The fourth-order valence-electron chi connectivity index (χ4n) is 2.70. The zero-order valence-electron chi connectivity index (χ0n) is 12.9. The summed E-state index contributed by atoms with van der Waals surface area (Å²) in [4.78, 5) is 4.35. The molecule has 0 unspecified atom stereocenters. The number of likely N-dealkylation sites (tertiary alicyclic amines) is 1. The van der Waals surface area contributed by atoms with Gasteiger partial charge < -0.3 is 15.3 Å². The fourth-order valence-corrected chi connectivity index (χ4v) is 2.70. The Labute approximate surface area is 126 Å². The lowest BCUT2D eigenvalue weighted by Crippen LogP contribution is -2.53. The highest BCUT2D eigenvalue weighted by Crippen LogP contribution is 2.15. The third-order valence-electron chi connectivity index (χ3n) is 3.95. The second-order valence-corrected chi connectivity index (χ2v) is 6.08. The maximum Gasteiger partial charge on any atom is 0.123 e. The van der Waals surface area contributed by atoms with Gasteiger partial charge in [0.15, 0.2) is 0 Å². The Hall–Kier alpha value is -1.01. The summed E-state index contributed by atoms with van der Waals surface area (Å²) in [6.07, 6.45) is 0.594. The molecule has 2 atom stereocenters. The van der Waals surface area contributed by atoms with E-state index in [9.17, 15) is 9.50 Å². The second-order valence-electron chi connectivity index (χ2n) is 6.08. The minimum absolute atomic E-state index is 0.175. The first kappa shape index (κ1) is 16.4. The summed E-state index contributed by atoms with van der Waals surface area (Å²) in [6.45, 7) is 4.25. The Morgan fingerprint density at radius 2 is 2.05 bits per heavy atom. The molecule has 5 heteroatoms. The average Bonchev–Trinajstić information content (AvgIpc) is 2.43. The minimum Gasteiger partial charge on any atom is -0.390 e. The van der Waals surface area contributed by atoms with Crippen molar-refractivity contribution in [2.75, 3.05) is 40.3 Å². The SMILES string of the molecule is CN(C)CCN[C@@H]1CCN(Cc2ccc(F)cc2)C[C@H]1O. The molecular formula is C16H26FN3O. The van der Waals surface area contributed by atoms with E-state index in [1.165, 1.54) is 12.1 Å². The van der Waals surface area contributed by atoms with Gasteiger partial charge in [0.2, 0.25) is 0 Å². The van der Waals surface area contributed by atoms with Gasteiger partial charge in [0.25, 0.3) is 0 Å². The smallest absolute Gasteiger partial charge is 0.123 e. The maximum atomic E-state index is 12.9. The monoisotopic (exact) mass is 295 g/mol. The van der Waals surface area contributed by atoms with E-state index in [-0.39, 0.29) is 18.0 Å². The van der Waals surface area contributed by atoms with Gasteiger partial charge in [-0.3, -0.25) is 4.90 Å². The van der Waals surface area contributed by atoms with Crippen LogP contribution in [-0.4, -0.2) is 67.3 Å². The molecule has 4 nitrogen and oxygen atoms in total. The number of hydrogen-bond acceptors (Lipinski definition) is 4. The van der Waals surface area contributed by atoms with Crippen LogP contribution in [0, 0.1) is 5.82 Å². The molecule has 1 fully saturated rings. The Balaban J connectivity index is 1.76. The normalized spacial score (nSPS) is 23.7. The standard InChI is InChI=1S/C16H26FN3O/c1-19(2)10-8-18-15-7-9-20(12-16(15)21)11-13-3-5-14(17)6-4-13/h3-6,15-16,18,21H,7-12H2,1-2H3/t15-,16-/m1/s1. The van der Waals surface area contributed by atoms with E-state index < -0.39 is 0 Å². The molecule has 1 aromatic carbocycles. The summed E-state index contributed by atoms with van der Waals surface area (Å²) in [6, 6.07) is 6.77. The van der Waals surface area contributed by atoms with Crippen molar-refractivity contribution in [3.63, 3.8) is 0 Å². The molecule has 0 amide bonds. The lowest BCUT2D eigenvalue weighted by molar-refractivity contribution is 0.0367. The number of rotatable bonds is 6. The van der Waals surface area contributed by atoms with Crippen LogP contribution in [0.3, 0.4) is 0 Å². The number of aliphatic hydroxyl groups is 1. The second kappa shape index (κ2) is 7.84. The van der Waals surface area contributed by atoms with Crippen LogP contribution in [0.5, 0.6) is 0 Å². The van der Waals surface area contributed by atoms with Crippen LogP contribution in [0.25, 0.3) is 0 Å². The van der Waals surface area contributed by atoms with Crippen molar-refractivity contribution in [3.05, 3.63) is 35.6 Å². The predicted octanol–water partition coefficient (Wildman–Crippen LogP) is 0.912. The van der Waals surface area contributed by atoms with E-state index in [2.05, 4.69) is 15.1 Å². The number of aliphatic hydroxyl groups excluding tert-OH is 1. The Kier molecular flexibility index (Phi) is 6.11. The van der Waals surface area contributed by atoms with Crippen molar-refractivity contribution in [2.45, 2.75) is 25.1 Å². The molecule has 0 aromatic heterocycles. The number of β-amino-alcohol motifs (C(OH)–C–C–N with tert-alkyl or cyclic N) is 1. The third-order valence-corrected chi connectivity index (χ3v) is 3.95. The summed E-state index contributed by atoms with van der Waals surface area (Å²) in [5.41, 5.74) is 1.09. The molecule has 21 heavy (non-hydrogen) atoms. The zero-order valence-corrected chi connectivity index (χ0v) is 12.9. The molecule has 0 saturated carbocycles. The number of halogens is 1. The van der Waals surface area contributed by atoms with Crippen LogP contribution in [0.15, 0.2) is 24.3 Å². The van der Waals surface area contributed by atoms with Crippen LogP contribution >= 0.6 is 0 Å². The highest BCUT2D eigenvalue weighted by Gasteiger charge is 2.27. The summed E-state index contributed by atoms with van der Waals surface area (Å²) in [5.74, 6) is -0.206. The number of piperidine rings is 1. The highest BCUT2D eigenvalue weighted by atomic mass is 19.1. The quantitative estimate of drug-likeness (QED) is 0.818. The van der Waals surface area contributed by atoms with Gasteiger partial charge >= 0.3 is 0 Å². The first-order chi connectivity index (χ1) is 10.0. The first-order valence-electron chi connectivity index (χ1n) is 7.57. The summed E-state index contributed by atoms with van der Waals surface area (Å²) >= 11 is 0. The molecule has 2 rings (SSSR count). The third kappa shape index (κ3) is 5.36. The van der Waals surface area contributed by atoms with Gasteiger partial charge in [-0.05, 0) is 38.2 Å². The van der Waals surface area contributed by atoms with Crippen LogP contribution in [0.4, 0.5) is 4.39 Å². The molecule has 2 N–H and O–H groups in total. The molecule has 1 heterocycles. The van der Waals surface area contributed by atoms with Crippen LogP contribution in [0.2, 0.25) is 0 Å². The van der Waals surface area contributed by atoms with Gasteiger partial charge in [-0.1, -0.05) is 12.1 Å². The van der Waals surface area contributed by atoms with Gasteiger partial charge in [-0.25, -0.2) is 4.39 Å². The minimum atomic E-state index is -0.346. The van der Waals surface area contributed by atoms with E-state index in [1.807, 2.05) is 26.2 Å². The molecule has 1 aromatic rings. The molecule has 0 bridgehead atoms. The number of hydrogen-bond donors (Lipinski definition) is 2. The summed E-state index contributed by atoms with van der Waals surface area (Å²) in [7, 11) is 4.09. The van der Waals surface area contributed by atoms with Crippen LogP contribution in [-0.2, 0) is 6.54 Å². The lowest BCUT2D eigenvalue weighted by atomic mass is 10.0. The Morgan fingerprint density at radius 1 is 1.33 bits per heavy atom. The largest absolute Gasteiger partial charge is 0.390 e. The highest BCUT2D eigenvalue weighted by molar-refractivity contribution is 5.16. The van der Waals surface area contributed by atoms with Gasteiger partial charge in [0.05, 0.1) is 6.10 Å².